The van der Waals surface area contributed by atoms with Gasteiger partial charge in [0.2, 0.25) is 0 Å². The van der Waals surface area contributed by atoms with E-state index in [-0.39, 0.29) is 5.56 Å². The molecule has 28 heavy (non-hydrogen) atoms. The molecule has 2 heterocycles. The summed E-state index contributed by atoms with van der Waals surface area (Å²) in [4.78, 5) is 17.4. The maximum atomic E-state index is 12.9. The van der Waals surface area contributed by atoms with Crippen LogP contribution in [0, 0.1) is 20.8 Å². The summed E-state index contributed by atoms with van der Waals surface area (Å²) < 4.78 is 4.36. The predicted octanol–water partition coefficient (Wildman–Crippen LogP) is 4.76. The Bertz CT molecular complexity index is 1270. The molecule has 0 amide bonds. The van der Waals surface area contributed by atoms with Gasteiger partial charge in [-0.1, -0.05) is 34.1 Å². The maximum Gasteiger partial charge on any atom is 0.282 e. The molecule has 0 saturated heterocycles. The zero-order valence-electron chi connectivity index (χ0n) is 15.8. The van der Waals surface area contributed by atoms with Crippen molar-refractivity contribution in [2.45, 2.75) is 20.8 Å². The molecule has 0 fully saturated rings. The molecule has 0 atom stereocenters. The first kappa shape index (κ1) is 18.4. The molecular weight excluding hydrogens is 416 g/mol. The van der Waals surface area contributed by atoms with E-state index >= 15 is 0 Å². The van der Waals surface area contributed by atoms with Gasteiger partial charge in [-0.05, 0) is 57.2 Å². The third-order valence-electron chi connectivity index (χ3n) is 4.77. The van der Waals surface area contributed by atoms with E-state index in [1.54, 1.807) is 19.2 Å². The minimum Gasteiger partial charge on any atom is -0.318 e. The molecule has 0 aliphatic heterocycles. The zero-order valence-corrected chi connectivity index (χ0v) is 17.4. The van der Waals surface area contributed by atoms with Crippen molar-refractivity contribution in [2.75, 3.05) is 0 Å². The van der Waals surface area contributed by atoms with Gasteiger partial charge in [0.1, 0.15) is 5.82 Å². The molecule has 5 nitrogen and oxygen atoms in total. The molecule has 0 N–H and O–H groups in total. The largest absolute Gasteiger partial charge is 0.318 e. The van der Waals surface area contributed by atoms with Crippen molar-refractivity contribution in [3.63, 3.8) is 0 Å². The molecule has 0 bridgehead atoms. The molecule has 0 aliphatic rings. The van der Waals surface area contributed by atoms with Crippen molar-refractivity contribution in [1.82, 2.24) is 14.2 Å². The molecule has 0 spiro atoms. The van der Waals surface area contributed by atoms with Crippen LogP contribution in [0.5, 0.6) is 0 Å². The van der Waals surface area contributed by atoms with Crippen LogP contribution in [0.3, 0.4) is 0 Å². The van der Waals surface area contributed by atoms with Crippen molar-refractivity contribution in [3.8, 4) is 5.69 Å². The van der Waals surface area contributed by atoms with Gasteiger partial charge in [-0.15, -0.1) is 0 Å². The average molecular weight is 435 g/mol. The Morgan fingerprint density at radius 2 is 1.79 bits per heavy atom. The molecule has 0 unspecified atom stereocenters. The predicted molar refractivity (Wildman–Crippen MR) is 117 cm³/mol. The van der Waals surface area contributed by atoms with Crippen LogP contribution in [0.25, 0.3) is 16.6 Å². The summed E-state index contributed by atoms with van der Waals surface area (Å²) in [5.41, 5.74) is 4.71. The van der Waals surface area contributed by atoms with Crippen molar-refractivity contribution in [2.24, 2.45) is 5.10 Å². The van der Waals surface area contributed by atoms with Gasteiger partial charge in [0.25, 0.3) is 5.56 Å². The summed E-state index contributed by atoms with van der Waals surface area (Å²) in [6, 6.07) is 17.7. The lowest BCUT2D eigenvalue weighted by Crippen LogP contribution is -2.20. The number of halogens is 1. The Labute approximate surface area is 171 Å². The van der Waals surface area contributed by atoms with Crippen LogP contribution in [0.1, 0.15) is 22.8 Å². The number of para-hydroxylation sites is 1. The highest BCUT2D eigenvalue weighted by molar-refractivity contribution is 9.10. The highest BCUT2D eigenvalue weighted by Gasteiger charge is 2.11. The normalized spacial score (nSPS) is 11.6. The molecular formula is C22H19BrN4O. The van der Waals surface area contributed by atoms with E-state index in [9.17, 15) is 4.79 Å². The number of benzene rings is 2. The van der Waals surface area contributed by atoms with E-state index in [1.807, 2.05) is 37.3 Å². The summed E-state index contributed by atoms with van der Waals surface area (Å²) in [5, 5.41) is 4.99. The molecule has 4 aromatic rings. The lowest BCUT2D eigenvalue weighted by atomic mass is 10.2. The summed E-state index contributed by atoms with van der Waals surface area (Å²) >= 11 is 3.41. The molecule has 2 aromatic carbocycles. The molecule has 4 rings (SSSR count). The van der Waals surface area contributed by atoms with E-state index < -0.39 is 0 Å². The van der Waals surface area contributed by atoms with Gasteiger partial charge in [-0.25, -0.2) is 4.98 Å². The lowest BCUT2D eigenvalue weighted by molar-refractivity contribution is 0.770. The minimum atomic E-state index is -0.183. The molecule has 0 saturated carbocycles. The van der Waals surface area contributed by atoms with Crippen LogP contribution in [-0.4, -0.2) is 20.4 Å². The SMILES string of the molecule is Cc1cc(C=Nn2c(C)nc3ccc(Br)cc3c2=O)c(C)n1-c1ccccc1. The van der Waals surface area contributed by atoms with Gasteiger partial charge in [0.05, 0.1) is 17.1 Å². The number of aryl methyl sites for hydroxylation is 2. The Morgan fingerprint density at radius 3 is 2.54 bits per heavy atom. The van der Waals surface area contributed by atoms with E-state index in [0.29, 0.717) is 16.7 Å². The second kappa shape index (κ2) is 7.20. The van der Waals surface area contributed by atoms with Crippen molar-refractivity contribution >= 4 is 33.0 Å². The zero-order chi connectivity index (χ0) is 19.8. The monoisotopic (exact) mass is 434 g/mol. The average Bonchev–Trinajstić information content (AvgIpc) is 2.96. The van der Waals surface area contributed by atoms with Crippen molar-refractivity contribution in [3.05, 3.63) is 92.2 Å². The number of hydrogen-bond donors (Lipinski definition) is 0. The van der Waals surface area contributed by atoms with Gasteiger partial charge >= 0.3 is 0 Å². The summed E-state index contributed by atoms with van der Waals surface area (Å²) in [5.74, 6) is 0.549. The quantitative estimate of drug-likeness (QED) is 0.436. The Morgan fingerprint density at radius 1 is 1.04 bits per heavy atom. The van der Waals surface area contributed by atoms with Crippen molar-refractivity contribution in [1.29, 1.82) is 0 Å². The molecule has 6 heteroatoms. The van der Waals surface area contributed by atoms with Crippen LogP contribution in [-0.2, 0) is 0 Å². The van der Waals surface area contributed by atoms with Gasteiger partial charge < -0.3 is 4.57 Å². The van der Waals surface area contributed by atoms with Crippen LogP contribution < -0.4 is 5.56 Å². The second-order valence-corrected chi connectivity index (χ2v) is 7.60. The minimum absolute atomic E-state index is 0.183. The second-order valence-electron chi connectivity index (χ2n) is 6.68. The van der Waals surface area contributed by atoms with Crippen LogP contribution in [0.2, 0.25) is 0 Å². The van der Waals surface area contributed by atoms with Crippen molar-refractivity contribution < 1.29 is 0 Å². The number of fused-ring (bicyclic) bond motifs is 1. The lowest BCUT2D eigenvalue weighted by Gasteiger charge is -2.09. The van der Waals surface area contributed by atoms with Gasteiger partial charge in [0, 0.05) is 27.1 Å². The fourth-order valence-corrected chi connectivity index (χ4v) is 3.77. The molecule has 140 valence electrons. The Hall–Kier alpha value is -2.99. The molecule has 0 aliphatic carbocycles. The molecule has 0 radical (unpaired) electrons. The van der Waals surface area contributed by atoms with E-state index in [2.05, 4.69) is 55.7 Å². The number of aromatic nitrogens is 3. The maximum absolute atomic E-state index is 12.9. The Balaban J connectivity index is 1.80. The molecule has 2 aromatic heterocycles. The first-order chi connectivity index (χ1) is 13.5. The third-order valence-corrected chi connectivity index (χ3v) is 5.26. The fraction of sp³-hybridized carbons (Fsp3) is 0.136. The number of hydrogen-bond acceptors (Lipinski definition) is 3. The van der Waals surface area contributed by atoms with Gasteiger partial charge in [-0.3, -0.25) is 4.79 Å². The van der Waals surface area contributed by atoms with E-state index in [1.165, 1.54) is 4.68 Å². The first-order valence-electron chi connectivity index (χ1n) is 8.93. The van der Waals surface area contributed by atoms with E-state index in [0.717, 1.165) is 27.1 Å². The number of nitrogens with zero attached hydrogens (tertiary/aromatic N) is 4. The Kier molecular flexibility index (Phi) is 4.73. The highest BCUT2D eigenvalue weighted by atomic mass is 79.9. The van der Waals surface area contributed by atoms with Gasteiger partial charge in [-0.2, -0.15) is 9.78 Å². The first-order valence-corrected chi connectivity index (χ1v) is 9.72. The summed E-state index contributed by atoms with van der Waals surface area (Å²) in [7, 11) is 0. The van der Waals surface area contributed by atoms with Crippen LogP contribution >= 0.6 is 15.9 Å². The van der Waals surface area contributed by atoms with E-state index in [4.69, 9.17) is 0 Å². The highest BCUT2D eigenvalue weighted by Crippen LogP contribution is 2.20. The number of rotatable bonds is 3. The smallest absolute Gasteiger partial charge is 0.282 e. The van der Waals surface area contributed by atoms with Gasteiger partial charge in [0.15, 0.2) is 0 Å². The standard InChI is InChI=1S/C22H19BrN4O/c1-14-11-17(15(2)26(14)19-7-5-4-6-8-19)13-24-27-16(3)25-21-10-9-18(23)12-20(21)22(27)28/h4-13H,1-3H3. The van der Waals surface area contributed by atoms with Crippen LogP contribution in [0.4, 0.5) is 0 Å². The summed E-state index contributed by atoms with van der Waals surface area (Å²) in [6.07, 6.45) is 1.72. The third kappa shape index (κ3) is 3.20. The van der Waals surface area contributed by atoms with Crippen LogP contribution in [0.15, 0.2) is 69.0 Å². The fourth-order valence-electron chi connectivity index (χ4n) is 3.41. The summed E-state index contributed by atoms with van der Waals surface area (Å²) in [6.45, 7) is 5.89. The topological polar surface area (TPSA) is 52.2 Å².